The fourth-order valence-corrected chi connectivity index (χ4v) is 1.74. The molecule has 2 rings (SSSR count). The van der Waals surface area contributed by atoms with E-state index in [1.807, 2.05) is 6.92 Å². The topological polar surface area (TPSA) is 67.8 Å². The van der Waals surface area contributed by atoms with E-state index in [1.54, 1.807) is 25.1 Å². The van der Waals surface area contributed by atoms with Crippen LogP contribution in [0, 0.1) is 0 Å². The van der Waals surface area contributed by atoms with Gasteiger partial charge in [-0.25, -0.2) is 0 Å². The van der Waals surface area contributed by atoms with Gasteiger partial charge in [0.15, 0.2) is 11.5 Å². The van der Waals surface area contributed by atoms with Gasteiger partial charge in [-0.05, 0) is 25.5 Å². The Morgan fingerprint density at radius 2 is 2.16 bits per heavy atom. The smallest absolute Gasteiger partial charge is 0.255 e. The third-order valence-corrected chi connectivity index (χ3v) is 3.20. The molecular weight excluding hydrogens is 246 g/mol. The zero-order valence-corrected chi connectivity index (χ0v) is 11.2. The molecule has 0 saturated carbocycles. The summed E-state index contributed by atoms with van der Waals surface area (Å²) in [6.07, 6.45) is 0.569. The van der Waals surface area contributed by atoms with Crippen LogP contribution in [0.15, 0.2) is 18.2 Å². The molecule has 2 N–H and O–H groups in total. The number of ether oxygens (including phenoxy) is 2. The lowest BCUT2D eigenvalue weighted by atomic mass is 10.0. The van der Waals surface area contributed by atoms with E-state index in [-0.39, 0.29) is 12.5 Å². The van der Waals surface area contributed by atoms with E-state index in [4.69, 9.17) is 9.47 Å². The van der Waals surface area contributed by atoms with E-state index in [0.29, 0.717) is 36.7 Å². The van der Waals surface area contributed by atoms with Gasteiger partial charge >= 0.3 is 0 Å². The molecule has 1 atom stereocenters. The summed E-state index contributed by atoms with van der Waals surface area (Å²) in [7, 11) is 0. The van der Waals surface area contributed by atoms with Gasteiger partial charge in [-0.3, -0.25) is 4.79 Å². The fourth-order valence-electron chi connectivity index (χ4n) is 1.74. The highest BCUT2D eigenvalue weighted by molar-refractivity contribution is 5.97. The first-order chi connectivity index (χ1) is 9.03. The Labute approximate surface area is 112 Å². The SMILES string of the molecule is CCC(C)(O)CNC(=O)c1cccc2c1OCCO2. The molecule has 1 aromatic rings. The number of fused-ring (bicyclic) bond motifs is 1. The molecule has 1 heterocycles. The number of carbonyl (C=O) groups excluding carboxylic acids is 1. The second-order valence-electron chi connectivity index (χ2n) is 4.86. The van der Waals surface area contributed by atoms with Crippen LogP contribution in [0.4, 0.5) is 0 Å². The summed E-state index contributed by atoms with van der Waals surface area (Å²) in [6.45, 7) is 4.68. The molecular formula is C14H19NO4. The summed E-state index contributed by atoms with van der Waals surface area (Å²) in [6, 6.07) is 5.21. The minimum Gasteiger partial charge on any atom is -0.486 e. The van der Waals surface area contributed by atoms with Crippen LogP contribution in [0.25, 0.3) is 0 Å². The first kappa shape index (κ1) is 13.7. The van der Waals surface area contributed by atoms with E-state index in [9.17, 15) is 9.90 Å². The van der Waals surface area contributed by atoms with E-state index < -0.39 is 5.60 Å². The maximum Gasteiger partial charge on any atom is 0.255 e. The van der Waals surface area contributed by atoms with E-state index >= 15 is 0 Å². The van der Waals surface area contributed by atoms with Crippen molar-refractivity contribution < 1.29 is 19.4 Å². The quantitative estimate of drug-likeness (QED) is 0.862. The summed E-state index contributed by atoms with van der Waals surface area (Å²) >= 11 is 0. The summed E-state index contributed by atoms with van der Waals surface area (Å²) < 4.78 is 10.9. The second kappa shape index (κ2) is 5.48. The van der Waals surface area contributed by atoms with Crippen LogP contribution >= 0.6 is 0 Å². The van der Waals surface area contributed by atoms with Gasteiger partial charge in [0.25, 0.3) is 5.91 Å². The minimum absolute atomic E-state index is 0.201. The van der Waals surface area contributed by atoms with Gasteiger partial charge in [0, 0.05) is 6.54 Å². The molecule has 0 bridgehead atoms. The number of aliphatic hydroxyl groups is 1. The van der Waals surface area contributed by atoms with Gasteiger partial charge in [-0.1, -0.05) is 13.0 Å². The highest BCUT2D eigenvalue weighted by atomic mass is 16.6. The summed E-state index contributed by atoms with van der Waals surface area (Å²) in [5.74, 6) is 0.791. The van der Waals surface area contributed by atoms with Crippen molar-refractivity contribution in [2.45, 2.75) is 25.9 Å². The van der Waals surface area contributed by atoms with Gasteiger partial charge in [0.2, 0.25) is 0 Å². The highest BCUT2D eigenvalue weighted by Gasteiger charge is 2.23. The number of rotatable bonds is 4. The van der Waals surface area contributed by atoms with Gasteiger partial charge in [0.05, 0.1) is 11.2 Å². The Morgan fingerprint density at radius 1 is 1.42 bits per heavy atom. The Hall–Kier alpha value is -1.75. The number of hydrogen-bond acceptors (Lipinski definition) is 4. The molecule has 0 saturated heterocycles. The third kappa shape index (κ3) is 3.17. The molecule has 1 amide bonds. The summed E-state index contributed by atoms with van der Waals surface area (Å²) in [5.41, 5.74) is -0.467. The molecule has 19 heavy (non-hydrogen) atoms. The van der Waals surface area contributed by atoms with Crippen molar-refractivity contribution in [2.24, 2.45) is 0 Å². The number of amides is 1. The lowest BCUT2D eigenvalue weighted by molar-refractivity contribution is 0.0516. The van der Waals surface area contributed by atoms with Crippen molar-refractivity contribution in [3.05, 3.63) is 23.8 Å². The Bertz CT molecular complexity index is 471. The monoisotopic (exact) mass is 265 g/mol. The van der Waals surface area contributed by atoms with Crippen LogP contribution < -0.4 is 14.8 Å². The molecule has 0 radical (unpaired) electrons. The van der Waals surface area contributed by atoms with Crippen LogP contribution in [0.5, 0.6) is 11.5 Å². The van der Waals surface area contributed by atoms with Crippen molar-refractivity contribution in [2.75, 3.05) is 19.8 Å². The van der Waals surface area contributed by atoms with Gasteiger partial charge < -0.3 is 19.9 Å². The zero-order valence-electron chi connectivity index (χ0n) is 11.2. The standard InChI is InChI=1S/C14H19NO4/c1-3-14(2,17)9-15-13(16)10-5-4-6-11-12(10)19-8-7-18-11/h4-6,17H,3,7-9H2,1-2H3,(H,15,16). The van der Waals surface area contributed by atoms with Gasteiger partial charge in [0.1, 0.15) is 13.2 Å². The Morgan fingerprint density at radius 3 is 2.89 bits per heavy atom. The Kier molecular flexibility index (Phi) is 3.95. The average Bonchev–Trinajstić information content (AvgIpc) is 2.44. The maximum atomic E-state index is 12.1. The summed E-state index contributed by atoms with van der Waals surface area (Å²) in [4.78, 5) is 12.1. The molecule has 1 aromatic carbocycles. The third-order valence-electron chi connectivity index (χ3n) is 3.20. The predicted molar refractivity (Wildman–Crippen MR) is 70.7 cm³/mol. The normalized spacial score (nSPS) is 16.6. The molecule has 5 heteroatoms. The van der Waals surface area contributed by atoms with E-state index in [0.717, 1.165) is 0 Å². The molecule has 0 aromatic heterocycles. The number of nitrogens with one attached hydrogen (secondary N) is 1. The molecule has 0 spiro atoms. The van der Waals surface area contributed by atoms with Gasteiger partial charge in [-0.15, -0.1) is 0 Å². The van der Waals surface area contributed by atoms with Crippen LogP contribution in [-0.2, 0) is 0 Å². The minimum atomic E-state index is -0.901. The Balaban J connectivity index is 2.11. The van der Waals surface area contributed by atoms with Crippen molar-refractivity contribution in [1.29, 1.82) is 0 Å². The summed E-state index contributed by atoms with van der Waals surface area (Å²) in [5, 5.41) is 12.6. The lowest BCUT2D eigenvalue weighted by Crippen LogP contribution is -2.40. The number of carbonyl (C=O) groups is 1. The van der Waals surface area contributed by atoms with Gasteiger partial charge in [-0.2, -0.15) is 0 Å². The lowest BCUT2D eigenvalue weighted by Gasteiger charge is -2.23. The second-order valence-corrected chi connectivity index (χ2v) is 4.86. The molecule has 0 fully saturated rings. The number of para-hydroxylation sites is 1. The van der Waals surface area contributed by atoms with Crippen molar-refractivity contribution in [3.63, 3.8) is 0 Å². The fraction of sp³-hybridized carbons (Fsp3) is 0.500. The number of benzene rings is 1. The van der Waals surface area contributed by atoms with Crippen molar-refractivity contribution >= 4 is 5.91 Å². The molecule has 1 unspecified atom stereocenters. The average molecular weight is 265 g/mol. The molecule has 5 nitrogen and oxygen atoms in total. The van der Waals surface area contributed by atoms with Crippen molar-refractivity contribution in [3.8, 4) is 11.5 Å². The zero-order chi connectivity index (χ0) is 13.9. The highest BCUT2D eigenvalue weighted by Crippen LogP contribution is 2.33. The van der Waals surface area contributed by atoms with Crippen LogP contribution in [0.3, 0.4) is 0 Å². The maximum absolute atomic E-state index is 12.1. The molecule has 1 aliphatic rings. The predicted octanol–water partition coefficient (Wildman–Crippen LogP) is 1.35. The first-order valence-electron chi connectivity index (χ1n) is 6.43. The van der Waals surface area contributed by atoms with Crippen molar-refractivity contribution in [1.82, 2.24) is 5.32 Å². The molecule has 1 aliphatic heterocycles. The van der Waals surface area contributed by atoms with E-state index in [1.165, 1.54) is 0 Å². The van der Waals surface area contributed by atoms with E-state index in [2.05, 4.69) is 5.32 Å². The molecule has 104 valence electrons. The number of hydrogen-bond donors (Lipinski definition) is 2. The van der Waals surface area contributed by atoms with Crippen LogP contribution in [0.1, 0.15) is 30.6 Å². The first-order valence-corrected chi connectivity index (χ1v) is 6.43. The van der Waals surface area contributed by atoms with Crippen LogP contribution in [0.2, 0.25) is 0 Å². The van der Waals surface area contributed by atoms with Crippen LogP contribution in [-0.4, -0.2) is 36.4 Å². The largest absolute Gasteiger partial charge is 0.486 e. The molecule has 0 aliphatic carbocycles.